The molecule has 168 valence electrons. The van der Waals surface area contributed by atoms with Crippen LogP contribution in [0.15, 0.2) is 47.4 Å². The van der Waals surface area contributed by atoms with Gasteiger partial charge in [0.1, 0.15) is 11.6 Å². The summed E-state index contributed by atoms with van der Waals surface area (Å²) in [5.41, 5.74) is 0. The van der Waals surface area contributed by atoms with E-state index < -0.39 is 21.7 Å². The molecular weight excluding hydrogens is 430 g/mol. The van der Waals surface area contributed by atoms with Crippen molar-refractivity contribution in [3.8, 4) is 11.5 Å². The van der Waals surface area contributed by atoms with E-state index in [9.17, 15) is 22.0 Å². The Morgan fingerprint density at radius 3 is 2.32 bits per heavy atom. The first-order chi connectivity index (χ1) is 14.8. The number of rotatable bonds is 8. The van der Waals surface area contributed by atoms with Gasteiger partial charge in [0.2, 0.25) is 15.9 Å². The molecule has 0 N–H and O–H groups in total. The van der Waals surface area contributed by atoms with E-state index in [1.54, 1.807) is 17.0 Å². The third kappa shape index (κ3) is 5.71. The molecular formula is C21H24F2N2O5S. The Kier molecular flexibility index (Phi) is 7.45. The number of amides is 1. The summed E-state index contributed by atoms with van der Waals surface area (Å²) in [6.07, 6.45) is 0.550. The first-order valence-electron chi connectivity index (χ1n) is 9.81. The molecule has 0 aromatic heterocycles. The van der Waals surface area contributed by atoms with Gasteiger partial charge in [-0.05, 0) is 42.8 Å². The first kappa shape index (κ1) is 23.0. The average Bonchev–Trinajstić information content (AvgIpc) is 2.78. The minimum atomic E-state index is -3.64. The highest BCUT2D eigenvalue weighted by atomic mass is 32.2. The van der Waals surface area contributed by atoms with E-state index in [2.05, 4.69) is 0 Å². The number of sulfonamides is 1. The number of hydrogen-bond donors (Lipinski definition) is 0. The summed E-state index contributed by atoms with van der Waals surface area (Å²) in [5.74, 6) is -1.09. The number of ether oxygens (including phenoxy) is 2. The first-order valence-corrected chi connectivity index (χ1v) is 11.2. The topological polar surface area (TPSA) is 76.2 Å². The lowest BCUT2D eigenvalue weighted by atomic mass is 10.2. The molecule has 0 aliphatic carbocycles. The van der Waals surface area contributed by atoms with Crippen molar-refractivity contribution in [3.63, 3.8) is 0 Å². The quantitative estimate of drug-likeness (QED) is 0.574. The van der Waals surface area contributed by atoms with Gasteiger partial charge in [0.05, 0.1) is 18.6 Å². The van der Waals surface area contributed by atoms with Crippen molar-refractivity contribution in [2.75, 3.05) is 39.9 Å². The number of hydrogen-bond acceptors (Lipinski definition) is 5. The van der Waals surface area contributed by atoms with Gasteiger partial charge >= 0.3 is 0 Å². The summed E-state index contributed by atoms with van der Waals surface area (Å²) in [4.78, 5) is 14.2. The van der Waals surface area contributed by atoms with E-state index in [0.717, 1.165) is 12.1 Å². The Bertz CT molecular complexity index is 1010. The molecule has 0 atom stereocenters. The van der Waals surface area contributed by atoms with Gasteiger partial charge in [-0.15, -0.1) is 0 Å². The predicted octanol–water partition coefficient (Wildman–Crippen LogP) is 2.67. The summed E-state index contributed by atoms with van der Waals surface area (Å²) < 4.78 is 63.6. The van der Waals surface area contributed by atoms with Gasteiger partial charge in [0.25, 0.3) is 0 Å². The number of halogens is 2. The Balaban J connectivity index is 1.44. The molecule has 10 heteroatoms. The molecule has 1 aliphatic heterocycles. The summed E-state index contributed by atoms with van der Waals surface area (Å²) in [5, 5.41) is 0. The van der Waals surface area contributed by atoms with Crippen LogP contribution in [0.25, 0.3) is 0 Å². The van der Waals surface area contributed by atoms with Crippen molar-refractivity contribution < 1.29 is 31.5 Å². The molecule has 0 radical (unpaired) electrons. The minimum absolute atomic E-state index is 0.0637. The summed E-state index contributed by atoms with van der Waals surface area (Å²) in [6.45, 7) is 1.11. The predicted molar refractivity (Wildman–Crippen MR) is 109 cm³/mol. The number of benzene rings is 2. The van der Waals surface area contributed by atoms with Gasteiger partial charge in [-0.3, -0.25) is 4.79 Å². The molecule has 1 aliphatic rings. The van der Waals surface area contributed by atoms with Crippen LogP contribution in [0.2, 0.25) is 0 Å². The van der Waals surface area contributed by atoms with Crippen LogP contribution < -0.4 is 9.47 Å². The normalized spacial score (nSPS) is 15.0. The largest absolute Gasteiger partial charge is 0.497 e. The molecule has 7 nitrogen and oxygen atoms in total. The third-order valence-electron chi connectivity index (χ3n) is 4.98. The van der Waals surface area contributed by atoms with Crippen LogP contribution in [0.3, 0.4) is 0 Å². The smallest absolute Gasteiger partial charge is 0.243 e. The van der Waals surface area contributed by atoms with E-state index >= 15 is 0 Å². The number of carbonyl (C=O) groups excluding carboxylic acids is 1. The number of methoxy groups -OCH3 is 1. The van der Waals surface area contributed by atoms with Crippen molar-refractivity contribution in [1.82, 2.24) is 9.21 Å². The van der Waals surface area contributed by atoms with Gasteiger partial charge < -0.3 is 14.4 Å². The van der Waals surface area contributed by atoms with Crippen LogP contribution in [0, 0.1) is 11.6 Å². The molecule has 1 saturated heterocycles. The molecule has 2 aromatic carbocycles. The van der Waals surface area contributed by atoms with Crippen LogP contribution in [-0.2, 0) is 14.8 Å². The summed E-state index contributed by atoms with van der Waals surface area (Å²) in [6, 6.07) is 9.21. The zero-order valence-electron chi connectivity index (χ0n) is 17.1. The zero-order chi connectivity index (χ0) is 22.4. The molecule has 0 bridgehead atoms. The van der Waals surface area contributed by atoms with Crippen molar-refractivity contribution in [1.29, 1.82) is 0 Å². The second kappa shape index (κ2) is 10.1. The molecule has 1 fully saturated rings. The van der Waals surface area contributed by atoms with E-state index in [0.29, 0.717) is 25.3 Å². The minimum Gasteiger partial charge on any atom is -0.497 e. The molecule has 1 amide bonds. The second-order valence-electron chi connectivity index (χ2n) is 6.99. The van der Waals surface area contributed by atoms with Crippen LogP contribution in [0.5, 0.6) is 11.5 Å². The van der Waals surface area contributed by atoms with Gasteiger partial charge in [0, 0.05) is 38.7 Å². The number of carbonyl (C=O) groups is 1. The van der Waals surface area contributed by atoms with Crippen molar-refractivity contribution in [2.45, 2.75) is 17.7 Å². The highest BCUT2D eigenvalue weighted by molar-refractivity contribution is 7.89. The fourth-order valence-corrected chi connectivity index (χ4v) is 4.65. The van der Waals surface area contributed by atoms with Gasteiger partial charge in [-0.1, -0.05) is 0 Å². The highest BCUT2D eigenvalue weighted by Crippen LogP contribution is 2.21. The molecule has 2 aromatic rings. The molecule has 0 saturated carbocycles. The lowest BCUT2D eigenvalue weighted by Crippen LogP contribution is -2.50. The summed E-state index contributed by atoms with van der Waals surface area (Å²) in [7, 11) is -2.13. The Morgan fingerprint density at radius 1 is 1.03 bits per heavy atom. The Labute approximate surface area is 180 Å². The molecule has 1 heterocycles. The summed E-state index contributed by atoms with van der Waals surface area (Å²) >= 11 is 0. The van der Waals surface area contributed by atoms with Crippen molar-refractivity contribution >= 4 is 15.9 Å². The van der Waals surface area contributed by atoms with Crippen LogP contribution in [-0.4, -0.2) is 63.4 Å². The Morgan fingerprint density at radius 2 is 1.71 bits per heavy atom. The van der Waals surface area contributed by atoms with E-state index in [1.165, 1.54) is 29.6 Å². The van der Waals surface area contributed by atoms with Crippen LogP contribution >= 0.6 is 0 Å². The van der Waals surface area contributed by atoms with Gasteiger partial charge in [-0.25, -0.2) is 17.2 Å². The maximum atomic E-state index is 13.5. The molecule has 3 rings (SSSR count). The van der Waals surface area contributed by atoms with E-state index in [-0.39, 0.29) is 42.7 Å². The van der Waals surface area contributed by atoms with E-state index in [1.807, 2.05) is 0 Å². The van der Waals surface area contributed by atoms with Gasteiger partial charge in [0.15, 0.2) is 11.6 Å². The molecule has 0 spiro atoms. The number of nitrogens with zero attached hydrogens (tertiary/aromatic N) is 2. The van der Waals surface area contributed by atoms with Crippen molar-refractivity contribution in [3.05, 3.63) is 54.1 Å². The standard InChI is InChI=1S/C21H24F2N2O5S/c1-29-17-5-7-18(8-6-17)31(27,28)25-12-10-24(11-13-25)21(26)3-2-14-30-20-9-4-16(22)15-19(20)23/h4-9,15H,2-3,10-14H2,1H3. The lowest BCUT2D eigenvalue weighted by molar-refractivity contribution is -0.132. The SMILES string of the molecule is COc1ccc(S(=O)(=O)N2CCN(C(=O)CCCOc3ccc(F)cc3F)CC2)cc1. The lowest BCUT2D eigenvalue weighted by Gasteiger charge is -2.34. The maximum Gasteiger partial charge on any atom is 0.243 e. The second-order valence-corrected chi connectivity index (χ2v) is 8.93. The monoisotopic (exact) mass is 454 g/mol. The van der Waals surface area contributed by atoms with Crippen LogP contribution in [0.4, 0.5) is 8.78 Å². The average molecular weight is 454 g/mol. The Hall–Kier alpha value is -2.72. The molecule has 0 unspecified atom stereocenters. The third-order valence-corrected chi connectivity index (χ3v) is 6.89. The van der Waals surface area contributed by atoms with Crippen LogP contribution in [0.1, 0.15) is 12.8 Å². The van der Waals surface area contributed by atoms with Gasteiger partial charge in [-0.2, -0.15) is 4.31 Å². The fourth-order valence-electron chi connectivity index (χ4n) is 3.23. The fraction of sp³-hybridized carbons (Fsp3) is 0.381. The number of piperazine rings is 1. The molecule has 31 heavy (non-hydrogen) atoms. The van der Waals surface area contributed by atoms with Crippen molar-refractivity contribution in [2.24, 2.45) is 0 Å². The highest BCUT2D eigenvalue weighted by Gasteiger charge is 2.29. The zero-order valence-corrected chi connectivity index (χ0v) is 17.9. The maximum absolute atomic E-state index is 13.5. The van der Waals surface area contributed by atoms with E-state index in [4.69, 9.17) is 9.47 Å².